The van der Waals surface area contributed by atoms with Gasteiger partial charge in [-0.1, -0.05) is 12.1 Å². The number of nitrogens with one attached hydrogen (secondary N) is 2. The fourth-order valence-corrected chi connectivity index (χ4v) is 6.22. The number of aromatic amines is 1. The number of aromatic nitrogens is 2. The molecule has 2 aliphatic rings. The Hall–Kier alpha value is -2.55. The summed E-state index contributed by atoms with van der Waals surface area (Å²) in [6, 6.07) is 7.68. The van der Waals surface area contributed by atoms with Crippen LogP contribution in [-0.2, 0) is 24.2 Å². The lowest BCUT2D eigenvalue weighted by Crippen LogP contribution is -2.52. The van der Waals surface area contributed by atoms with Gasteiger partial charge >= 0.3 is 0 Å². The molecule has 5 rings (SSSR count). The Labute approximate surface area is 197 Å². The first-order valence-electron chi connectivity index (χ1n) is 11.9. The minimum absolute atomic E-state index is 0.00878. The molecule has 1 fully saturated rings. The fourth-order valence-electron chi connectivity index (χ4n) is 4.94. The molecule has 1 amide bonds. The lowest BCUT2D eigenvalue weighted by molar-refractivity contribution is -0.121. The van der Waals surface area contributed by atoms with E-state index in [4.69, 9.17) is 4.98 Å². The van der Waals surface area contributed by atoms with Crippen LogP contribution in [0.1, 0.15) is 41.6 Å². The van der Waals surface area contributed by atoms with Gasteiger partial charge in [0.25, 0.3) is 5.56 Å². The molecule has 33 heavy (non-hydrogen) atoms. The number of benzene rings is 1. The summed E-state index contributed by atoms with van der Waals surface area (Å²) < 4.78 is 0. The van der Waals surface area contributed by atoms with Gasteiger partial charge in [0.2, 0.25) is 5.91 Å². The van der Waals surface area contributed by atoms with Crippen molar-refractivity contribution < 1.29 is 4.79 Å². The molecule has 174 valence electrons. The third kappa shape index (κ3) is 4.74. The number of piperazine rings is 1. The molecule has 0 spiro atoms. The summed E-state index contributed by atoms with van der Waals surface area (Å²) in [6.07, 6.45) is 4.43. The van der Waals surface area contributed by atoms with E-state index in [2.05, 4.69) is 20.1 Å². The van der Waals surface area contributed by atoms with Crippen LogP contribution in [0.3, 0.4) is 0 Å². The highest BCUT2D eigenvalue weighted by molar-refractivity contribution is 7.18. The molecule has 3 heterocycles. The van der Waals surface area contributed by atoms with Gasteiger partial charge in [0.15, 0.2) is 0 Å². The van der Waals surface area contributed by atoms with Crippen molar-refractivity contribution in [3.05, 3.63) is 56.4 Å². The van der Waals surface area contributed by atoms with E-state index in [1.54, 1.807) is 11.3 Å². The van der Waals surface area contributed by atoms with Crippen molar-refractivity contribution in [1.29, 1.82) is 0 Å². The monoisotopic (exact) mass is 465 g/mol. The zero-order valence-corrected chi connectivity index (χ0v) is 20.1. The number of nitrogens with zero attached hydrogens (tertiary/aromatic N) is 3. The van der Waals surface area contributed by atoms with E-state index in [0.717, 1.165) is 72.7 Å². The van der Waals surface area contributed by atoms with Crippen LogP contribution in [0.4, 0.5) is 5.69 Å². The Morgan fingerprint density at radius 1 is 1.21 bits per heavy atom. The number of H-pyrrole nitrogens is 1. The smallest absolute Gasteiger partial charge is 0.259 e. The maximum atomic E-state index is 12.8. The molecule has 1 saturated heterocycles. The molecule has 1 aliphatic carbocycles. The van der Waals surface area contributed by atoms with Gasteiger partial charge in [-0.05, 0) is 62.8 Å². The van der Waals surface area contributed by atoms with E-state index in [-0.39, 0.29) is 17.5 Å². The number of amides is 1. The van der Waals surface area contributed by atoms with E-state index in [0.29, 0.717) is 6.54 Å². The number of anilines is 1. The Morgan fingerprint density at radius 2 is 2.00 bits per heavy atom. The third-order valence-corrected chi connectivity index (χ3v) is 8.05. The Bertz CT molecular complexity index is 1230. The SMILES string of the molecule is Cc1cccc(NC(=O)[C@@H](C)N2CCN(Cc3nc4sc5c(c4c(=O)[nH]3)CCCC5)CC2)c1. The molecule has 0 bridgehead atoms. The quantitative estimate of drug-likeness (QED) is 0.604. The number of hydrogen-bond donors (Lipinski definition) is 2. The van der Waals surface area contributed by atoms with Crippen LogP contribution < -0.4 is 10.9 Å². The minimum Gasteiger partial charge on any atom is -0.325 e. The first-order chi connectivity index (χ1) is 16.0. The van der Waals surface area contributed by atoms with E-state index in [1.807, 2.05) is 38.1 Å². The van der Waals surface area contributed by atoms with E-state index in [1.165, 1.54) is 16.9 Å². The van der Waals surface area contributed by atoms with Crippen molar-refractivity contribution in [2.75, 3.05) is 31.5 Å². The highest BCUT2D eigenvalue weighted by Crippen LogP contribution is 2.33. The lowest BCUT2D eigenvalue weighted by atomic mass is 9.97. The maximum Gasteiger partial charge on any atom is 0.259 e. The van der Waals surface area contributed by atoms with Crippen molar-refractivity contribution in [1.82, 2.24) is 19.8 Å². The second kappa shape index (κ2) is 9.37. The van der Waals surface area contributed by atoms with Gasteiger partial charge in [0.1, 0.15) is 10.7 Å². The average molecular weight is 466 g/mol. The highest BCUT2D eigenvalue weighted by atomic mass is 32.1. The average Bonchev–Trinajstić information content (AvgIpc) is 3.18. The van der Waals surface area contributed by atoms with Gasteiger partial charge in [-0.2, -0.15) is 0 Å². The molecule has 8 heteroatoms. The van der Waals surface area contributed by atoms with Crippen LogP contribution in [-0.4, -0.2) is 57.9 Å². The minimum atomic E-state index is -0.195. The molecule has 3 aromatic rings. The van der Waals surface area contributed by atoms with Gasteiger partial charge in [-0.25, -0.2) is 4.98 Å². The van der Waals surface area contributed by atoms with Gasteiger partial charge in [0.05, 0.1) is 18.0 Å². The highest BCUT2D eigenvalue weighted by Gasteiger charge is 2.26. The number of thiophene rings is 1. The Balaban J connectivity index is 1.19. The number of hydrogen-bond acceptors (Lipinski definition) is 6. The normalized spacial score (nSPS) is 18.2. The molecule has 1 aromatic carbocycles. The molecule has 0 unspecified atom stereocenters. The molecule has 2 aromatic heterocycles. The number of carbonyl (C=O) groups excluding carboxylic acids is 1. The number of fused-ring (bicyclic) bond motifs is 3. The number of aryl methyl sites for hydroxylation is 3. The second-order valence-corrected chi connectivity index (χ2v) is 10.3. The topological polar surface area (TPSA) is 81.3 Å². The zero-order valence-electron chi connectivity index (χ0n) is 19.3. The van der Waals surface area contributed by atoms with E-state index < -0.39 is 0 Å². The van der Waals surface area contributed by atoms with Gasteiger partial charge in [0, 0.05) is 36.7 Å². The first kappa shape index (κ1) is 22.3. The largest absolute Gasteiger partial charge is 0.325 e. The molecule has 1 aliphatic heterocycles. The van der Waals surface area contributed by atoms with Crippen LogP contribution in [0.5, 0.6) is 0 Å². The molecule has 2 N–H and O–H groups in total. The van der Waals surface area contributed by atoms with Crippen molar-refractivity contribution in [3.8, 4) is 0 Å². The molecule has 0 radical (unpaired) electrons. The molecule has 7 nitrogen and oxygen atoms in total. The predicted molar refractivity (Wildman–Crippen MR) is 133 cm³/mol. The van der Waals surface area contributed by atoms with Crippen molar-refractivity contribution in [2.24, 2.45) is 0 Å². The van der Waals surface area contributed by atoms with E-state index >= 15 is 0 Å². The summed E-state index contributed by atoms with van der Waals surface area (Å²) in [6.45, 7) is 7.91. The summed E-state index contributed by atoms with van der Waals surface area (Å²) in [5.74, 6) is 0.761. The van der Waals surface area contributed by atoms with Crippen molar-refractivity contribution >= 4 is 33.1 Å². The predicted octanol–water partition coefficient (Wildman–Crippen LogP) is 3.32. The van der Waals surface area contributed by atoms with Crippen LogP contribution in [0, 0.1) is 6.92 Å². The van der Waals surface area contributed by atoms with E-state index in [9.17, 15) is 9.59 Å². The standard InChI is InChI=1S/C25H31N5O2S/c1-16-6-5-7-18(14-16)26-23(31)17(2)30-12-10-29(11-13-30)15-21-27-24(32)22-19-8-3-4-9-20(19)33-25(22)28-21/h5-7,14,17H,3-4,8-13,15H2,1-2H3,(H,26,31)(H,27,28,32)/t17-/m1/s1. The summed E-state index contributed by atoms with van der Waals surface area (Å²) >= 11 is 1.70. The van der Waals surface area contributed by atoms with Crippen LogP contribution in [0.25, 0.3) is 10.2 Å². The summed E-state index contributed by atoms with van der Waals surface area (Å²) in [5, 5.41) is 3.85. The summed E-state index contributed by atoms with van der Waals surface area (Å²) in [4.78, 5) is 40.1. The van der Waals surface area contributed by atoms with Crippen molar-refractivity contribution in [2.45, 2.75) is 52.1 Å². The summed E-state index contributed by atoms with van der Waals surface area (Å²) in [7, 11) is 0. The van der Waals surface area contributed by atoms with Crippen LogP contribution in [0.2, 0.25) is 0 Å². The van der Waals surface area contributed by atoms with Crippen LogP contribution >= 0.6 is 11.3 Å². The number of carbonyl (C=O) groups is 1. The third-order valence-electron chi connectivity index (χ3n) is 6.87. The van der Waals surface area contributed by atoms with Crippen molar-refractivity contribution in [3.63, 3.8) is 0 Å². The molecular formula is C25H31N5O2S. The molecule has 1 atom stereocenters. The Kier molecular flexibility index (Phi) is 6.32. The fraction of sp³-hybridized carbons (Fsp3) is 0.480. The van der Waals surface area contributed by atoms with Gasteiger partial charge in [-0.3, -0.25) is 19.4 Å². The lowest BCUT2D eigenvalue weighted by Gasteiger charge is -2.37. The summed E-state index contributed by atoms with van der Waals surface area (Å²) in [5.41, 5.74) is 3.20. The Morgan fingerprint density at radius 3 is 2.79 bits per heavy atom. The zero-order chi connectivity index (χ0) is 22.9. The van der Waals surface area contributed by atoms with Gasteiger partial charge in [-0.15, -0.1) is 11.3 Å². The molecular weight excluding hydrogens is 434 g/mol. The molecule has 0 saturated carbocycles. The first-order valence-corrected chi connectivity index (χ1v) is 12.7. The van der Waals surface area contributed by atoms with Gasteiger partial charge < -0.3 is 10.3 Å². The maximum absolute atomic E-state index is 12.8. The second-order valence-electron chi connectivity index (χ2n) is 9.25. The van der Waals surface area contributed by atoms with Crippen LogP contribution in [0.15, 0.2) is 29.1 Å². The number of rotatable bonds is 5.